The number of benzene rings is 2. The summed E-state index contributed by atoms with van der Waals surface area (Å²) in [4.78, 5) is 16.8. The minimum atomic E-state index is -0.241. The molecule has 0 bridgehead atoms. The number of thioether (sulfide) groups is 1. The highest BCUT2D eigenvalue weighted by atomic mass is 32.2. The van der Waals surface area contributed by atoms with Crippen LogP contribution in [0.1, 0.15) is 56.6 Å². The van der Waals surface area contributed by atoms with Gasteiger partial charge in [0, 0.05) is 29.7 Å². The second-order valence-electron chi connectivity index (χ2n) is 8.83. The van der Waals surface area contributed by atoms with Crippen molar-refractivity contribution in [3.05, 3.63) is 59.4 Å². The van der Waals surface area contributed by atoms with Gasteiger partial charge in [-0.25, -0.2) is 9.37 Å². The van der Waals surface area contributed by atoms with Crippen molar-refractivity contribution in [3.8, 4) is 0 Å². The van der Waals surface area contributed by atoms with Crippen LogP contribution in [0.15, 0.2) is 47.6 Å². The van der Waals surface area contributed by atoms with E-state index in [9.17, 15) is 9.18 Å². The Morgan fingerprint density at radius 1 is 1.09 bits per heavy atom. The van der Waals surface area contributed by atoms with Gasteiger partial charge in [0.15, 0.2) is 5.65 Å². The van der Waals surface area contributed by atoms with E-state index in [-0.39, 0.29) is 11.7 Å². The van der Waals surface area contributed by atoms with Gasteiger partial charge in [-0.15, -0.1) is 10.2 Å². The van der Waals surface area contributed by atoms with Crippen molar-refractivity contribution in [2.75, 3.05) is 12.3 Å². The number of hydrogen-bond donors (Lipinski definition) is 1. The number of carbonyl (C=O) groups is 1. The van der Waals surface area contributed by atoms with Crippen molar-refractivity contribution in [1.82, 2.24) is 25.1 Å². The number of aromatic nitrogens is 4. The maximum absolute atomic E-state index is 14.4. The Bertz CT molecular complexity index is 1310. The molecule has 4 rings (SSSR count). The fourth-order valence-corrected chi connectivity index (χ4v) is 4.86. The summed E-state index contributed by atoms with van der Waals surface area (Å²) in [7, 11) is 0. The molecule has 2 heterocycles. The van der Waals surface area contributed by atoms with Gasteiger partial charge in [-0.1, -0.05) is 67.8 Å². The van der Waals surface area contributed by atoms with Crippen molar-refractivity contribution in [2.45, 2.75) is 64.1 Å². The van der Waals surface area contributed by atoms with Crippen molar-refractivity contribution in [2.24, 2.45) is 0 Å². The number of hydrogen-bond acceptors (Lipinski definition) is 5. The largest absolute Gasteiger partial charge is 0.356 e. The number of amides is 1. The lowest BCUT2D eigenvalue weighted by Crippen LogP contribution is -2.24. The Hall–Kier alpha value is -3.00. The number of rotatable bonds is 12. The van der Waals surface area contributed by atoms with Crippen LogP contribution < -0.4 is 5.32 Å². The molecule has 184 valence electrons. The molecule has 2 aromatic heterocycles. The highest BCUT2D eigenvalue weighted by Gasteiger charge is 2.17. The summed E-state index contributed by atoms with van der Waals surface area (Å²) in [5.41, 5.74) is 4.07. The lowest BCUT2D eigenvalue weighted by atomic mass is 10.1. The van der Waals surface area contributed by atoms with Crippen molar-refractivity contribution in [1.29, 1.82) is 0 Å². The molecule has 0 unspecified atom stereocenters. The van der Waals surface area contributed by atoms with Crippen LogP contribution in [0.3, 0.4) is 0 Å². The molecule has 8 heteroatoms. The number of unbranched alkanes of at least 4 members (excludes halogenated alkanes) is 3. The second-order valence-corrected chi connectivity index (χ2v) is 9.89. The molecule has 0 saturated carbocycles. The number of halogens is 1. The van der Waals surface area contributed by atoms with Gasteiger partial charge in [-0.2, -0.15) is 0 Å². The first-order valence-electron chi connectivity index (χ1n) is 12.3. The van der Waals surface area contributed by atoms with Crippen LogP contribution in [-0.2, 0) is 11.3 Å². The standard InChI is InChI=1S/C27H32FN5OS/c1-3-4-5-8-15-29-24(34)12-9-16-35-27-30-26-25(31-32-27)21-17-19(2)13-14-23(21)33(26)18-20-10-6-7-11-22(20)28/h6-7,10-11,13-14,17H,3-5,8-9,12,15-16,18H2,1-2H3,(H,29,34). The van der Waals surface area contributed by atoms with Crippen LogP contribution in [0, 0.1) is 12.7 Å². The fourth-order valence-electron chi connectivity index (χ4n) is 4.14. The number of carbonyl (C=O) groups excluding carboxylic acids is 1. The third-order valence-corrected chi connectivity index (χ3v) is 6.94. The SMILES string of the molecule is CCCCCCNC(=O)CCCSc1nnc2c3cc(C)ccc3n(Cc3ccccc3F)c2n1. The van der Waals surface area contributed by atoms with E-state index < -0.39 is 0 Å². The molecule has 0 aliphatic carbocycles. The fraction of sp³-hybridized carbons (Fsp3) is 0.407. The average molecular weight is 494 g/mol. The summed E-state index contributed by atoms with van der Waals surface area (Å²) in [6.07, 6.45) is 5.83. The number of aryl methyl sites for hydroxylation is 1. The molecule has 0 spiro atoms. The van der Waals surface area contributed by atoms with Crippen LogP contribution in [0.25, 0.3) is 22.1 Å². The number of nitrogens with one attached hydrogen (secondary N) is 1. The lowest BCUT2D eigenvalue weighted by molar-refractivity contribution is -0.121. The Morgan fingerprint density at radius 2 is 1.94 bits per heavy atom. The zero-order valence-corrected chi connectivity index (χ0v) is 21.2. The molecule has 6 nitrogen and oxygen atoms in total. The van der Waals surface area contributed by atoms with Crippen molar-refractivity contribution < 1.29 is 9.18 Å². The first kappa shape index (κ1) is 25.1. The molecular weight excluding hydrogens is 461 g/mol. The minimum absolute atomic E-state index is 0.0944. The predicted octanol–water partition coefficient (Wildman–Crippen LogP) is 6.04. The van der Waals surface area contributed by atoms with E-state index in [2.05, 4.69) is 28.5 Å². The second kappa shape index (κ2) is 12.1. The Balaban J connectivity index is 1.45. The summed E-state index contributed by atoms with van der Waals surface area (Å²) in [5, 5.41) is 13.3. The molecule has 0 atom stereocenters. The van der Waals surface area contributed by atoms with E-state index in [0.717, 1.165) is 48.0 Å². The van der Waals surface area contributed by atoms with Crippen LogP contribution in [0.4, 0.5) is 4.39 Å². The van der Waals surface area contributed by atoms with Gasteiger partial charge in [0.1, 0.15) is 11.3 Å². The number of nitrogens with zero attached hydrogens (tertiary/aromatic N) is 4. The van der Waals surface area contributed by atoms with E-state index in [1.54, 1.807) is 12.1 Å². The normalized spacial score (nSPS) is 11.4. The highest BCUT2D eigenvalue weighted by Crippen LogP contribution is 2.29. The molecule has 35 heavy (non-hydrogen) atoms. The lowest BCUT2D eigenvalue weighted by Gasteiger charge is -2.08. The highest BCUT2D eigenvalue weighted by molar-refractivity contribution is 7.99. The zero-order chi connectivity index (χ0) is 24.6. The molecule has 0 radical (unpaired) electrons. The Labute approximate surface area is 209 Å². The van der Waals surface area contributed by atoms with Crippen LogP contribution in [0.5, 0.6) is 0 Å². The first-order chi connectivity index (χ1) is 17.1. The van der Waals surface area contributed by atoms with Gasteiger partial charge in [0.05, 0.1) is 12.1 Å². The van der Waals surface area contributed by atoms with Crippen molar-refractivity contribution >= 4 is 39.7 Å². The zero-order valence-electron chi connectivity index (χ0n) is 20.4. The molecular formula is C27H32FN5OS. The third-order valence-electron chi connectivity index (χ3n) is 6.02. The van der Waals surface area contributed by atoms with Gasteiger partial charge in [0.2, 0.25) is 11.1 Å². The predicted molar refractivity (Wildman–Crippen MR) is 140 cm³/mol. The monoisotopic (exact) mass is 493 g/mol. The number of fused-ring (bicyclic) bond motifs is 3. The summed E-state index contributed by atoms with van der Waals surface area (Å²) < 4.78 is 16.4. The van der Waals surface area contributed by atoms with Crippen molar-refractivity contribution in [3.63, 3.8) is 0 Å². The van der Waals surface area contributed by atoms with Gasteiger partial charge in [-0.3, -0.25) is 4.79 Å². The Kier molecular flexibility index (Phi) is 8.69. The summed E-state index contributed by atoms with van der Waals surface area (Å²) in [6, 6.07) is 12.9. The average Bonchev–Trinajstić information content (AvgIpc) is 3.15. The maximum Gasteiger partial charge on any atom is 0.220 e. The van der Waals surface area contributed by atoms with Gasteiger partial charge < -0.3 is 9.88 Å². The van der Waals surface area contributed by atoms with Crippen LogP contribution in [-0.4, -0.2) is 38.0 Å². The molecule has 0 fully saturated rings. The van der Waals surface area contributed by atoms with Crippen LogP contribution in [0.2, 0.25) is 0 Å². The van der Waals surface area contributed by atoms with E-state index in [4.69, 9.17) is 4.98 Å². The quantitative estimate of drug-likeness (QED) is 0.192. The smallest absolute Gasteiger partial charge is 0.220 e. The topological polar surface area (TPSA) is 72.7 Å². The minimum Gasteiger partial charge on any atom is -0.356 e. The summed E-state index contributed by atoms with van der Waals surface area (Å²) in [5.74, 6) is 0.579. The van der Waals surface area contributed by atoms with Gasteiger partial charge in [0.25, 0.3) is 0 Å². The molecule has 1 N–H and O–H groups in total. The summed E-state index contributed by atoms with van der Waals surface area (Å²) >= 11 is 1.49. The molecule has 0 aliphatic heterocycles. The molecule has 1 amide bonds. The van der Waals surface area contributed by atoms with Gasteiger partial charge >= 0.3 is 0 Å². The molecule has 2 aromatic carbocycles. The van der Waals surface area contributed by atoms with E-state index in [1.807, 2.05) is 29.7 Å². The van der Waals surface area contributed by atoms with Crippen LogP contribution >= 0.6 is 11.8 Å². The third kappa shape index (κ3) is 6.36. The molecule has 0 aliphatic rings. The van der Waals surface area contributed by atoms with Gasteiger partial charge in [-0.05, 0) is 38.0 Å². The van der Waals surface area contributed by atoms with E-state index in [0.29, 0.717) is 34.8 Å². The first-order valence-corrected chi connectivity index (χ1v) is 13.3. The van der Waals surface area contributed by atoms with E-state index in [1.165, 1.54) is 30.7 Å². The molecule has 0 saturated heterocycles. The molecule has 4 aromatic rings. The summed E-state index contributed by atoms with van der Waals surface area (Å²) in [6.45, 7) is 5.32. The maximum atomic E-state index is 14.4. The van der Waals surface area contributed by atoms with E-state index >= 15 is 0 Å². The Morgan fingerprint density at radius 3 is 2.77 bits per heavy atom.